The highest BCUT2D eigenvalue weighted by Crippen LogP contribution is 2.20. The Hall–Kier alpha value is -3.78. The molecule has 30 heavy (non-hydrogen) atoms. The topological polar surface area (TPSA) is 34.1 Å². The molecule has 4 rings (SSSR count). The monoisotopic (exact) mass is 390 g/mol. The van der Waals surface area contributed by atoms with Gasteiger partial charge in [-0.1, -0.05) is 109 Å². The number of hydrogen-bond donors (Lipinski definition) is 0. The predicted molar refractivity (Wildman–Crippen MR) is 120 cm³/mol. The Bertz CT molecular complexity index is 1070. The molecule has 146 valence electrons. The smallest absolute Gasteiger partial charge is 0.233 e. The second-order valence-corrected chi connectivity index (χ2v) is 7.30. The van der Waals surface area contributed by atoms with E-state index in [1.165, 1.54) is 0 Å². The third-order valence-corrected chi connectivity index (χ3v) is 5.21. The van der Waals surface area contributed by atoms with Gasteiger partial charge in [0, 0.05) is 11.1 Å². The molecule has 0 unspecified atom stereocenters. The number of rotatable bonds is 7. The van der Waals surface area contributed by atoms with Gasteiger partial charge in [0.25, 0.3) is 0 Å². The molecule has 0 fully saturated rings. The van der Waals surface area contributed by atoms with Crippen LogP contribution in [0.2, 0.25) is 0 Å². The maximum Gasteiger partial charge on any atom is 0.233 e. The van der Waals surface area contributed by atoms with Crippen molar-refractivity contribution >= 4 is 11.6 Å². The van der Waals surface area contributed by atoms with E-state index in [0.29, 0.717) is 24.0 Å². The fraction of sp³-hybridized carbons (Fsp3) is 0.0714. The quantitative estimate of drug-likeness (QED) is 0.289. The van der Waals surface area contributed by atoms with Crippen LogP contribution in [0.5, 0.6) is 0 Å². The average molecular weight is 390 g/mol. The predicted octanol–water partition coefficient (Wildman–Crippen LogP) is 5.93. The molecule has 0 N–H and O–H groups in total. The van der Waals surface area contributed by atoms with E-state index in [0.717, 1.165) is 22.3 Å². The van der Waals surface area contributed by atoms with Crippen molar-refractivity contribution in [3.8, 4) is 0 Å². The van der Waals surface area contributed by atoms with Crippen molar-refractivity contribution in [3.63, 3.8) is 0 Å². The van der Waals surface area contributed by atoms with Gasteiger partial charge in [0.15, 0.2) is 0 Å². The largest absolute Gasteiger partial charge is 0.285 e. The summed E-state index contributed by atoms with van der Waals surface area (Å²) in [6, 6.07) is 34.7. The molecule has 2 heteroatoms. The number of carbonyl (C=O) groups is 2. The maximum atomic E-state index is 13.2. The van der Waals surface area contributed by atoms with Crippen molar-refractivity contribution in [2.75, 3.05) is 0 Å². The zero-order chi connectivity index (χ0) is 20.8. The highest BCUT2D eigenvalue weighted by molar-refractivity contribution is 6.49. The summed E-state index contributed by atoms with van der Waals surface area (Å²) in [7, 11) is 0. The molecule has 0 aliphatic carbocycles. The van der Waals surface area contributed by atoms with Crippen LogP contribution in [0.3, 0.4) is 0 Å². The van der Waals surface area contributed by atoms with E-state index in [1.54, 1.807) is 12.1 Å². The number of hydrogen-bond acceptors (Lipinski definition) is 2. The lowest BCUT2D eigenvalue weighted by molar-refractivity contribution is 0.0816. The maximum absolute atomic E-state index is 13.2. The van der Waals surface area contributed by atoms with Gasteiger partial charge in [-0.3, -0.25) is 9.59 Å². The third kappa shape index (κ3) is 4.44. The Balaban J connectivity index is 1.63. The summed E-state index contributed by atoms with van der Waals surface area (Å²) in [5.74, 6) is -0.913. The number of carbonyl (C=O) groups excluding carboxylic acids is 2. The van der Waals surface area contributed by atoms with Gasteiger partial charge in [-0.25, -0.2) is 0 Å². The zero-order valence-electron chi connectivity index (χ0n) is 16.6. The number of ketones is 2. The molecule has 0 atom stereocenters. The molecule has 4 aromatic carbocycles. The molecular weight excluding hydrogens is 368 g/mol. The first-order chi connectivity index (χ1) is 14.7. The molecule has 0 heterocycles. The van der Waals surface area contributed by atoms with E-state index >= 15 is 0 Å². The summed E-state index contributed by atoms with van der Waals surface area (Å²) in [4.78, 5) is 26.4. The zero-order valence-corrected chi connectivity index (χ0v) is 16.6. The summed E-state index contributed by atoms with van der Waals surface area (Å²) in [5.41, 5.74) is 4.89. The molecule has 0 amide bonds. The Morgan fingerprint density at radius 2 is 0.767 bits per heavy atom. The van der Waals surface area contributed by atoms with Crippen LogP contribution in [0.1, 0.15) is 43.0 Å². The van der Waals surface area contributed by atoms with E-state index in [2.05, 4.69) is 0 Å². The van der Waals surface area contributed by atoms with Crippen molar-refractivity contribution in [2.24, 2.45) is 0 Å². The van der Waals surface area contributed by atoms with Crippen LogP contribution in [-0.2, 0) is 12.8 Å². The fourth-order valence-corrected chi connectivity index (χ4v) is 3.67. The molecule has 0 bridgehead atoms. The Kier molecular flexibility index (Phi) is 5.95. The Morgan fingerprint density at radius 3 is 1.17 bits per heavy atom. The minimum atomic E-state index is -0.456. The SMILES string of the molecule is O=C(C(=O)c1ccccc1Cc1ccccc1)c1ccccc1Cc1ccccc1. The fourth-order valence-electron chi connectivity index (χ4n) is 3.67. The van der Waals surface area contributed by atoms with Gasteiger partial charge < -0.3 is 0 Å². The minimum absolute atomic E-state index is 0.456. The summed E-state index contributed by atoms with van der Waals surface area (Å²) < 4.78 is 0. The van der Waals surface area contributed by atoms with Crippen LogP contribution in [0.4, 0.5) is 0 Å². The number of benzene rings is 4. The highest BCUT2D eigenvalue weighted by Gasteiger charge is 2.23. The van der Waals surface area contributed by atoms with E-state index in [9.17, 15) is 9.59 Å². The van der Waals surface area contributed by atoms with Crippen molar-refractivity contribution in [1.82, 2.24) is 0 Å². The standard InChI is InChI=1S/C28H22O2/c29-27(25-17-9-7-15-23(25)19-21-11-3-1-4-12-21)28(30)26-18-10-8-16-24(26)20-22-13-5-2-6-14-22/h1-18H,19-20H2. The summed E-state index contributed by atoms with van der Waals surface area (Å²) in [6.07, 6.45) is 1.23. The van der Waals surface area contributed by atoms with Crippen LogP contribution in [-0.4, -0.2) is 11.6 Å². The third-order valence-electron chi connectivity index (χ3n) is 5.21. The van der Waals surface area contributed by atoms with Gasteiger partial charge in [-0.05, 0) is 35.1 Å². The second kappa shape index (κ2) is 9.15. The van der Waals surface area contributed by atoms with E-state index in [-0.39, 0.29) is 0 Å². The van der Waals surface area contributed by atoms with Gasteiger partial charge in [0.05, 0.1) is 0 Å². The average Bonchev–Trinajstić information content (AvgIpc) is 2.80. The first-order valence-corrected chi connectivity index (χ1v) is 10.0. The molecule has 0 saturated heterocycles. The Morgan fingerprint density at radius 1 is 0.433 bits per heavy atom. The van der Waals surface area contributed by atoms with Crippen LogP contribution < -0.4 is 0 Å². The Labute approximate surface area is 176 Å². The lowest BCUT2D eigenvalue weighted by Crippen LogP contribution is -2.18. The van der Waals surface area contributed by atoms with E-state index in [1.807, 2.05) is 97.1 Å². The molecule has 0 radical (unpaired) electrons. The summed E-state index contributed by atoms with van der Waals surface area (Å²) >= 11 is 0. The molecule has 0 aliphatic rings. The van der Waals surface area contributed by atoms with Crippen molar-refractivity contribution in [3.05, 3.63) is 143 Å². The molecule has 0 aromatic heterocycles. The molecule has 0 spiro atoms. The highest BCUT2D eigenvalue weighted by atomic mass is 16.2. The van der Waals surface area contributed by atoms with Gasteiger partial charge in [-0.2, -0.15) is 0 Å². The molecule has 2 nitrogen and oxygen atoms in total. The second-order valence-electron chi connectivity index (χ2n) is 7.30. The van der Waals surface area contributed by atoms with Crippen molar-refractivity contribution < 1.29 is 9.59 Å². The van der Waals surface area contributed by atoms with Crippen molar-refractivity contribution in [2.45, 2.75) is 12.8 Å². The van der Waals surface area contributed by atoms with Crippen LogP contribution in [0.15, 0.2) is 109 Å². The van der Waals surface area contributed by atoms with Gasteiger partial charge >= 0.3 is 0 Å². The summed E-state index contributed by atoms with van der Waals surface area (Å²) in [6.45, 7) is 0. The van der Waals surface area contributed by atoms with Crippen LogP contribution in [0.25, 0.3) is 0 Å². The molecule has 0 aliphatic heterocycles. The van der Waals surface area contributed by atoms with Crippen LogP contribution >= 0.6 is 0 Å². The van der Waals surface area contributed by atoms with Crippen LogP contribution in [0, 0.1) is 0 Å². The minimum Gasteiger partial charge on any atom is -0.285 e. The van der Waals surface area contributed by atoms with E-state index in [4.69, 9.17) is 0 Å². The van der Waals surface area contributed by atoms with Gasteiger partial charge in [-0.15, -0.1) is 0 Å². The lowest BCUT2D eigenvalue weighted by atomic mass is 9.91. The molecular formula is C28H22O2. The lowest BCUT2D eigenvalue weighted by Gasteiger charge is -2.11. The van der Waals surface area contributed by atoms with Gasteiger partial charge in [0.1, 0.15) is 0 Å². The van der Waals surface area contributed by atoms with Gasteiger partial charge in [0.2, 0.25) is 11.6 Å². The normalized spacial score (nSPS) is 10.5. The van der Waals surface area contributed by atoms with E-state index < -0.39 is 11.6 Å². The molecule has 0 saturated carbocycles. The van der Waals surface area contributed by atoms with Crippen molar-refractivity contribution in [1.29, 1.82) is 0 Å². The first-order valence-electron chi connectivity index (χ1n) is 10.0. The molecule has 4 aromatic rings. The summed E-state index contributed by atoms with van der Waals surface area (Å²) in [5, 5.41) is 0. The number of Topliss-reactive ketones (excluding diaryl/α,β-unsaturated/α-hetero) is 2. The first kappa shape index (κ1) is 19.5.